The first-order chi connectivity index (χ1) is 11.4. The van der Waals surface area contributed by atoms with Gasteiger partial charge in [-0.3, -0.25) is 9.10 Å². The highest BCUT2D eigenvalue weighted by atomic mass is 32.2. The summed E-state index contributed by atoms with van der Waals surface area (Å²) in [6, 6.07) is 5.13. The molecule has 1 N–H and O–H groups in total. The third-order valence-corrected chi connectivity index (χ3v) is 6.66. The summed E-state index contributed by atoms with van der Waals surface area (Å²) in [6.45, 7) is 2.40. The second-order valence-corrected chi connectivity index (χ2v) is 8.61. The Labute approximate surface area is 143 Å². The fraction of sp³-hybridized carbons (Fsp3) is 0.588. The first kappa shape index (κ1) is 17.1. The van der Waals surface area contributed by atoms with Crippen molar-refractivity contribution < 1.29 is 17.9 Å². The van der Waals surface area contributed by atoms with Crippen LogP contribution in [0.5, 0.6) is 5.75 Å². The van der Waals surface area contributed by atoms with Gasteiger partial charge in [0.15, 0.2) is 0 Å². The molecule has 1 atom stereocenters. The molecule has 1 unspecified atom stereocenters. The van der Waals surface area contributed by atoms with E-state index in [0.717, 1.165) is 19.3 Å². The van der Waals surface area contributed by atoms with Gasteiger partial charge in [0.1, 0.15) is 5.75 Å². The minimum Gasteiger partial charge on any atom is -0.494 e. The number of benzene rings is 1. The van der Waals surface area contributed by atoms with Crippen LogP contribution in [0.3, 0.4) is 0 Å². The quantitative estimate of drug-likeness (QED) is 0.884. The van der Waals surface area contributed by atoms with Crippen molar-refractivity contribution in [3.8, 4) is 5.75 Å². The molecule has 1 saturated carbocycles. The SMILES string of the molecule is COc1cc(NC(=O)C(C)C2CC2)ccc1N1CCCCS1(=O)=O. The number of nitrogens with one attached hydrogen (secondary N) is 1. The van der Waals surface area contributed by atoms with Crippen LogP contribution in [0.15, 0.2) is 18.2 Å². The van der Waals surface area contributed by atoms with Crippen LogP contribution in [-0.2, 0) is 14.8 Å². The van der Waals surface area contributed by atoms with Gasteiger partial charge in [-0.15, -0.1) is 0 Å². The molecule has 2 fully saturated rings. The number of ether oxygens (including phenoxy) is 1. The number of hydrogen-bond acceptors (Lipinski definition) is 4. The fourth-order valence-corrected chi connectivity index (χ4v) is 4.73. The lowest BCUT2D eigenvalue weighted by molar-refractivity contribution is -0.119. The van der Waals surface area contributed by atoms with E-state index in [1.165, 1.54) is 11.4 Å². The van der Waals surface area contributed by atoms with E-state index in [-0.39, 0.29) is 17.6 Å². The number of rotatable bonds is 5. The van der Waals surface area contributed by atoms with Crippen LogP contribution in [-0.4, -0.2) is 33.7 Å². The highest BCUT2D eigenvalue weighted by Crippen LogP contribution is 2.38. The number of anilines is 2. The molecule has 7 heteroatoms. The molecule has 1 saturated heterocycles. The lowest BCUT2D eigenvalue weighted by atomic mass is 10.1. The fourth-order valence-electron chi connectivity index (χ4n) is 3.09. The number of amides is 1. The van der Waals surface area contributed by atoms with Crippen LogP contribution in [0.4, 0.5) is 11.4 Å². The van der Waals surface area contributed by atoms with E-state index in [9.17, 15) is 13.2 Å². The number of carbonyl (C=O) groups excluding carboxylic acids is 1. The molecule has 6 nitrogen and oxygen atoms in total. The van der Waals surface area contributed by atoms with Crippen molar-refractivity contribution >= 4 is 27.3 Å². The van der Waals surface area contributed by atoms with Gasteiger partial charge in [-0.2, -0.15) is 0 Å². The number of sulfonamides is 1. The monoisotopic (exact) mass is 352 g/mol. The Morgan fingerprint density at radius 1 is 1.33 bits per heavy atom. The molecule has 1 aliphatic carbocycles. The van der Waals surface area contributed by atoms with Crippen LogP contribution in [0.1, 0.15) is 32.6 Å². The predicted octanol–water partition coefficient (Wildman–Crippen LogP) is 2.61. The van der Waals surface area contributed by atoms with Gasteiger partial charge in [-0.05, 0) is 43.7 Å². The Morgan fingerprint density at radius 3 is 2.71 bits per heavy atom. The Morgan fingerprint density at radius 2 is 2.08 bits per heavy atom. The van der Waals surface area contributed by atoms with Crippen molar-refractivity contribution in [2.24, 2.45) is 11.8 Å². The van der Waals surface area contributed by atoms with Crippen molar-refractivity contribution in [1.82, 2.24) is 0 Å². The van der Waals surface area contributed by atoms with Crippen molar-refractivity contribution in [2.45, 2.75) is 32.6 Å². The van der Waals surface area contributed by atoms with Gasteiger partial charge < -0.3 is 10.1 Å². The van der Waals surface area contributed by atoms with Crippen LogP contribution in [0.25, 0.3) is 0 Å². The van der Waals surface area contributed by atoms with Gasteiger partial charge in [-0.1, -0.05) is 6.92 Å². The number of methoxy groups -OCH3 is 1. The Kier molecular flexibility index (Phi) is 4.71. The highest BCUT2D eigenvalue weighted by molar-refractivity contribution is 7.92. The number of carbonyl (C=O) groups is 1. The highest BCUT2D eigenvalue weighted by Gasteiger charge is 2.33. The summed E-state index contributed by atoms with van der Waals surface area (Å²) in [5.41, 5.74) is 1.16. The normalized spacial score (nSPS) is 21.2. The van der Waals surface area contributed by atoms with E-state index in [2.05, 4.69) is 5.32 Å². The second-order valence-electron chi connectivity index (χ2n) is 6.60. The van der Waals surface area contributed by atoms with Gasteiger partial charge >= 0.3 is 0 Å². The zero-order chi connectivity index (χ0) is 17.3. The molecule has 1 amide bonds. The van der Waals surface area contributed by atoms with Crippen LogP contribution < -0.4 is 14.4 Å². The predicted molar refractivity (Wildman–Crippen MR) is 93.9 cm³/mol. The second kappa shape index (κ2) is 6.63. The van der Waals surface area contributed by atoms with Gasteiger partial charge in [0.2, 0.25) is 15.9 Å². The molecule has 1 aromatic rings. The van der Waals surface area contributed by atoms with E-state index in [1.54, 1.807) is 18.2 Å². The summed E-state index contributed by atoms with van der Waals surface area (Å²) >= 11 is 0. The van der Waals surface area contributed by atoms with Gasteiger partial charge in [-0.25, -0.2) is 8.42 Å². The maximum Gasteiger partial charge on any atom is 0.235 e. The average Bonchev–Trinajstić information content (AvgIpc) is 3.39. The van der Waals surface area contributed by atoms with Gasteiger partial charge in [0, 0.05) is 24.2 Å². The third kappa shape index (κ3) is 3.50. The van der Waals surface area contributed by atoms with E-state index in [1.807, 2.05) is 6.92 Å². The lowest BCUT2D eigenvalue weighted by Gasteiger charge is -2.29. The van der Waals surface area contributed by atoms with Crippen molar-refractivity contribution in [3.05, 3.63) is 18.2 Å². The summed E-state index contributed by atoms with van der Waals surface area (Å²) in [7, 11) is -1.79. The molecular formula is C17H24N2O4S. The molecule has 1 aliphatic heterocycles. The topological polar surface area (TPSA) is 75.7 Å². The van der Waals surface area contributed by atoms with Gasteiger partial charge in [0.25, 0.3) is 0 Å². The van der Waals surface area contributed by atoms with Crippen molar-refractivity contribution in [2.75, 3.05) is 29.0 Å². The minimum absolute atomic E-state index is 0.00172. The van der Waals surface area contributed by atoms with Gasteiger partial charge in [0.05, 0.1) is 18.6 Å². The maximum atomic E-state index is 12.3. The van der Waals surface area contributed by atoms with Crippen LogP contribution >= 0.6 is 0 Å². The zero-order valence-electron chi connectivity index (χ0n) is 14.1. The largest absolute Gasteiger partial charge is 0.494 e. The Bertz CT molecular complexity index is 728. The van der Waals surface area contributed by atoms with Crippen LogP contribution in [0.2, 0.25) is 0 Å². The smallest absolute Gasteiger partial charge is 0.235 e. The number of nitrogens with zero attached hydrogens (tertiary/aromatic N) is 1. The van der Waals surface area contributed by atoms with E-state index < -0.39 is 10.0 Å². The molecule has 1 heterocycles. The molecule has 132 valence electrons. The standard InChI is InChI=1S/C17H24N2O4S/c1-12(13-5-6-13)17(20)18-14-7-8-15(16(11-14)23-2)19-9-3-4-10-24(19,21)22/h7-8,11-13H,3-6,9-10H2,1-2H3,(H,18,20). The summed E-state index contributed by atoms with van der Waals surface area (Å²) in [5, 5.41) is 2.90. The average molecular weight is 352 g/mol. The van der Waals surface area contributed by atoms with Crippen molar-refractivity contribution in [1.29, 1.82) is 0 Å². The van der Waals surface area contributed by atoms with E-state index in [0.29, 0.717) is 36.0 Å². The zero-order valence-corrected chi connectivity index (χ0v) is 14.9. The summed E-state index contributed by atoms with van der Waals surface area (Å²) in [6.07, 6.45) is 3.75. The molecule has 0 radical (unpaired) electrons. The number of hydrogen-bond donors (Lipinski definition) is 1. The summed E-state index contributed by atoms with van der Waals surface area (Å²) < 4.78 is 31.4. The van der Waals surface area contributed by atoms with Crippen LogP contribution in [0, 0.1) is 11.8 Å². The molecule has 0 bridgehead atoms. The Balaban J connectivity index is 1.81. The maximum absolute atomic E-state index is 12.3. The lowest BCUT2D eigenvalue weighted by Crippen LogP contribution is -2.38. The molecule has 0 aromatic heterocycles. The Hall–Kier alpha value is -1.76. The molecule has 2 aliphatic rings. The molecule has 0 spiro atoms. The van der Waals surface area contributed by atoms with E-state index in [4.69, 9.17) is 4.74 Å². The van der Waals surface area contributed by atoms with Crippen molar-refractivity contribution in [3.63, 3.8) is 0 Å². The summed E-state index contributed by atoms with van der Waals surface area (Å²) in [5.74, 6) is 1.10. The molecule has 1 aromatic carbocycles. The summed E-state index contributed by atoms with van der Waals surface area (Å²) in [4.78, 5) is 12.2. The molecular weight excluding hydrogens is 328 g/mol. The molecule has 24 heavy (non-hydrogen) atoms. The minimum atomic E-state index is -3.30. The third-order valence-electron chi connectivity index (χ3n) is 4.81. The first-order valence-electron chi connectivity index (χ1n) is 8.41. The van der Waals surface area contributed by atoms with E-state index >= 15 is 0 Å². The molecule has 3 rings (SSSR count). The first-order valence-corrected chi connectivity index (χ1v) is 10.0.